The summed E-state index contributed by atoms with van der Waals surface area (Å²) in [5.74, 6) is -0.919. The van der Waals surface area contributed by atoms with Crippen LogP contribution in [0.15, 0.2) is 60.7 Å². The predicted molar refractivity (Wildman–Crippen MR) is 96.0 cm³/mol. The van der Waals surface area contributed by atoms with Crippen molar-refractivity contribution in [3.8, 4) is 5.75 Å². The van der Waals surface area contributed by atoms with E-state index in [0.29, 0.717) is 5.75 Å². The highest BCUT2D eigenvalue weighted by molar-refractivity contribution is 5.72. The van der Waals surface area contributed by atoms with E-state index < -0.39 is 17.5 Å². The van der Waals surface area contributed by atoms with Crippen molar-refractivity contribution in [1.82, 2.24) is 0 Å². The summed E-state index contributed by atoms with van der Waals surface area (Å²) >= 11 is 0. The van der Waals surface area contributed by atoms with Gasteiger partial charge in [-0.05, 0) is 29.5 Å². The van der Waals surface area contributed by atoms with Crippen molar-refractivity contribution in [3.05, 3.63) is 66.2 Å². The van der Waals surface area contributed by atoms with Crippen molar-refractivity contribution in [2.45, 2.75) is 33.3 Å². The molecule has 0 radical (unpaired) electrons. The first-order valence-electron chi connectivity index (χ1n) is 8.42. The smallest absolute Gasteiger partial charge is 0.311 e. The average molecular weight is 326 g/mol. The molecule has 0 aliphatic carbocycles. The maximum Gasteiger partial charge on any atom is 0.311 e. The molecule has 3 nitrogen and oxygen atoms in total. The van der Waals surface area contributed by atoms with Gasteiger partial charge in [-0.1, -0.05) is 76.2 Å². The molecule has 2 aromatic carbocycles. The van der Waals surface area contributed by atoms with Gasteiger partial charge in [0.15, 0.2) is 0 Å². The van der Waals surface area contributed by atoms with Gasteiger partial charge in [-0.25, -0.2) is 0 Å². The van der Waals surface area contributed by atoms with E-state index in [1.165, 1.54) is 0 Å². The summed E-state index contributed by atoms with van der Waals surface area (Å²) in [4.78, 5) is 12.2. The van der Waals surface area contributed by atoms with Crippen LogP contribution in [-0.4, -0.2) is 11.1 Å². The Morgan fingerprint density at radius 3 is 1.83 bits per heavy atom. The summed E-state index contributed by atoms with van der Waals surface area (Å²) in [7, 11) is 0. The van der Waals surface area contributed by atoms with Gasteiger partial charge in [-0.3, -0.25) is 4.79 Å². The Morgan fingerprint density at radius 2 is 1.42 bits per heavy atom. The van der Waals surface area contributed by atoms with Crippen LogP contribution >= 0.6 is 0 Å². The lowest BCUT2D eigenvalue weighted by Crippen LogP contribution is -2.51. The molecule has 0 heterocycles. The molecule has 2 rings (SSSR count). The standard InChI is InChI=1S/C21H26O3/c1-15(2)19(20(22)23)21(16(3)4,17-11-7-5-8-12-17)24-18-13-9-6-10-14-18/h5-16,19H,1-4H3,(H,22,23). The molecule has 2 unspecified atom stereocenters. The highest BCUT2D eigenvalue weighted by Gasteiger charge is 2.50. The van der Waals surface area contributed by atoms with Gasteiger partial charge >= 0.3 is 5.97 Å². The Labute approximate surface area is 144 Å². The molecule has 0 amide bonds. The van der Waals surface area contributed by atoms with Crippen LogP contribution in [0, 0.1) is 17.8 Å². The van der Waals surface area contributed by atoms with Crippen molar-refractivity contribution in [1.29, 1.82) is 0 Å². The molecule has 0 bridgehead atoms. The van der Waals surface area contributed by atoms with Crippen LogP contribution in [0.2, 0.25) is 0 Å². The second-order valence-electron chi connectivity index (χ2n) is 6.79. The van der Waals surface area contributed by atoms with Crippen LogP contribution in [0.25, 0.3) is 0 Å². The van der Waals surface area contributed by atoms with Gasteiger partial charge in [0, 0.05) is 0 Å². The van der Waals surface area contributed by atoms with Crippen LogP contribution in [0.1, 0.15) is 33.3 Å². The molecule has 2 aromatic rings. The quantitative estimate of drug-likeness (QED) is 0.781. The maximum absolute atomic E-state index is 12.2. The molecule has 0 aliphatic rings. The van der Waals surface area contributed by atoms with Crippen molar-refractivity contribution in [2.75, 3.05) is 0 Å². The molecule has 2 atom stereocenters. The summed E-state index contributed by atoms with van der Waals surface area (Å²) in [6.45, 7) is 7.92. The number of para-hydroxylation sites is 1. The van der Waals surface area contributed by atoms with E-state index in [0.717, 1.165) is 5.56 Å². The highest BCUT2D eigenvalue weighted by atomic mass is 16.5. The van der Waals surface area contributed by atoms with Gasteiger partial charge in [0.05, 0.1) is 0 Å². The summed E-state index contributed by atoms with van der Waals surface area (Å²) in [6, 6.07) is 19.2. The topological polar surface area (TPSA) is 46.5 Å². The molecule has 1 N–H and O–H groups in total. The third-order valence-electron chi connectivity index (χ3n) is 4.51. The number of hydrogen-bond acceptors (Lipinski definition) is 2. The maximum atomic E-state index is 12.2. The molecule has 0 spiro atoms. The third kappa shape index (κ3) is 3.45. The predicted octanol–water partition coefficient (Wildman–Crippen LogP) is 4.97. The molecule has 3 heteroatoms. The Hall–Kier alpha value is -2.29. The van der Waals surface area contributed by atoms with E-state index in [1.54, 1.807) is 0 Å². The first-order chi connectivity index (χ1) is 11.4. The normalized spacial score (nSPS) is 15.1. The number of ether oxygens (including phenoxy) is 1. The van der Waals surface area contributed by atoms with E-state index >= 15 is 0 Å². The van der Waals surface area contributed by atoms with E-state index in [4.69, 9.17) is 4.74 Å². The minimum atomic E-state index is -0.942. The lowest BCUT2D eigenvalue weighted by Gasteiger charge is -2.44. The first kappa shape index (κ1) is 18.1. The Bertz CT molecular complexity index is 649. The summed E-state index contributed by atoms with van der Waals surface area (Å²) < 4.78 is 6.45. The number of rotatable bonds is 7. The molecule has 0 saturated carbocycles. The number of carboxylic acid groups (broad SMARTS) is 1. The van der Waals surface area contributed by atoms with Gasteiger partial charge < -0.3 is 9.84 Å². The van der Waals surface area contributed by atoms with Gasteiger partial charge in [-0.2, -0.15) is 0 Å². The van der Waals surface area contributed by atoms with Crippen molar-refractivity contribution >= 4 is 5.97 Å². The summed E-state index contributed by atoms with van der Waals surface area (Å²) in [5, 5.41) is 9.99. The molecular weight excluding hydrogens is 300 g/mol. The lowest BCUT2D eigenvalue weighted by molar-refractivity contribution is -0.158. The van der Waals surface area contributed by atoms with Gasteiger partial charge in [0.1, 0.15) is 17.3 Å². The Morgan fingerprint density at radius 1 is 0.917 bits per heavy atom. The van der Waals surface area contributed by atoms with Crippen LogP contribution in [0.5, 0.6) is 5.75 Å². The fourth-order valence-electron chi connectivity index (χ4n) is 3.46. The van der Waals surface area contributed by atoms with E-state index in [-0.39, 0.29) is 11.8 Å². The molecule has 0 fully saturated rings. The van der Waals surface area contributed by atoms with E-state index in [9.17, 15) is 9.90 Å². The minimum Gasteiger partial charge on any atom is -0.481 e. The summed E-state index contributed by atoms with van der Waals surface area (Å²) in [6.07, 6.45) is 0. The number of carbonyl (C=O) groups is 1. The van der Waals surface area contributed by atoms with Crippen LogP contribution in [0.4, 0.5) is 0 Å². The fraction of sp³-hybridized carbons (Fsp3) is 0.381. The highest BCUT2D eigenvalue weighted by Crippen LogP contribution is 2.44. The zero-order valence-corrected chi connectivity index (χ0v) is 14.8. The third-order valence-corrected chi connectivity index (χ3v) is 4.51. The van der Waals surface area contributed by atoms with Crippen LogP contribution in [0.3, 0.4) is 0 Å². The van der Waals surface area contributed by atoms with Crippen molar-refractivity contribution in [3.63, 3.8) is 0 Å². The fourth-order valence-corrected chi connectivity index (χ4v) is 3.46. The molecule has 0 aromatic heterocycles. The Balaban J connectivity index is 2.67. The molecule has 0 saturated heterocycles. The van der Waals surface area contributed by atoms with Gasteiger partial charge in [0.2, 0.25) is 0 Å². The first-order valence-corrected chi connectivity index (χ1v) is 8.42. The van der Waals surface area contributed by atoms with E-state index in [2.05, 4.69) is 0 Å². The summed E-state index contributed by atoms with van der Waals surface area (Å²) in [5.41, 5.74) is -0.0484. The molecule has 128 valence electrons. The van der Waals surface area contributed by atoms with Crippen LogP contribution < -0.4 is 4.74 Å². The zero-order chi connectivity index (χ0) is 17.7. The average Bonchev–Trinajstić information content (AvgIpc) is 2.55. The number of carboxylic acids is 1. The lowest BCUT2D eigenvalue weighted by atomic mass is 9.69. The molecular formula is C21H26O3. The van der Waals surface area contributed by atoms with Crippen molar-refractivity contribution in [2.24, 2.45) is 17.8 Å². The SMILES string of the molecule is CC(C)C(C(=O)O)C(Oc1ccccc1)(c1ccccc1)C(C)C. The monoisotopic (exact) mass is 326 g/mol. The number of aliphatic carboxylic acids is 1. The van der Waals surface area contributed by atoms with Crippen molar-refractivity contribution < 1.29 is 14.6 Å². The molecule has 24 heavy (non-hydrogen) atoms. The Kier molecular flexibility index (Phi) is 5.66. The second-order valence-corrected chi connectivity index (χ2v) is 6.79. The van der Waals surface area contributed by atoms with Gasteiger partial charge in [-0.15, -0.1) is 0 Å². The zero-order valence-electron chi connectivity index (χ0n) is 14.8. The van der Waals surface area contributed by atoms with Gasteiger partial charge in [0.25, 0.3) is 0 Å². The van der Waals surface area contributed by atoms with E-state index in [1.807, 2.05) is 88.4 Å². The minimum absolute atomic E-state index is 0.0244. The molecule has 0 aliphatic heterocycles. The largest absolute Gasteiger partial charge is 0.481 e. The number of hydrogen-bond donors (Lipinski definition) is 1. The van der Waals surface area contributed by atoms with Crippen LogP contribution in [-0.2, 0) is 10.4 Å². The number of benzene rings is 2. The second kappa shape index (κ2) is 7.52.